The molecule has 8 nitrogen and oxygen atoms in total. The van der Waals surface area contributed by atoms with Crippen molar-refractivity contribution in [1.29, 1.82) is 0 Å². The number of imidazole rings is 1. The number of hydrogen-bond donors (Lipinski definition) is 4. The molecule has 1 unspecified atom stereocenters. The lowest BCUT2D eigenvalue weighted by atomic mass is 10.0. The summed E-state index contributed by atoms with van der Waals surface area (Å²) in [6.45, 7) is 5.99. The predicted octanol–water partition coefficient (Wildman–Crippen LogP) is 3.17. The maximum atomic E-state index is 10.0. The van der Waals surface area contributed by atoms with E-state index in [-0.39, 0.29) is 6.04 Å². The van der Waals surface area contributed by atoms with Crippen molar-refractivity contribution in [2.75, 3.05) is 16.4 Å². The zero-order valence-electron chi connectivity index (χ0n) is 16.5. The molecular weight excluding hydrogens is 378 g/mol. The van der Waals surface area contributed by atoms with Crippen molar-refractivity contribution in [3.63, 3.8) is 0 Å². The number of aliphatic hydroxyl groups is 1. The maximum Gasteiger partial charge on any atom is 0.226 e. The van der Waals surface area contributed by atoms with E-state index in [0.717, 1.165) is 5.56 Å². The summed E-state index contributed by atoms with van der Waals surface area (Å²) in [5, 5.41) is 17.2. The molecule has 150 valence electrons. The van der Waals surface area contributed by atoms with Crippen molar-refractivity contribution in [1.82, 2.24) is 19.5 Å². The summed E-state index contributed by atoms with van der Waals surface area (Å²) >= 11 is 6.08. The number of nitrogens with zero attached hydrogens (tertiary/aromatic N) is 4. The monoisotopic (exact) mass is 403 g/mol. The van der Waals surface area contributed by atoms with Crippen LogP contribution in [0.1, 0.15) is 32.8 Å². The number of nitrogens with one attached hydrogen (secondary N) is 2. The number of aromatic nitrogens is 4. The van der Waals surface area contributed by atoms with Gasteiger partial charge in [-0.05, 0) is 51.0 Å². The number of fused-ring (bicyclic) bond motifs is 1. The highest BCUT2D eigenvalue weighted by Gasteiger charge is 2.19. The molecule has 0 saturated heterocycles. The smallest absolute Gasteiger partial charge is 0.226 e. The molecule has 2 heterocycles. The zero-order valence-corrected chi connectivity index (χ0v) is 17.2. The van der Waals surface area contributed by atoms with Gasteiger partial charge in [0, 0.05) is 30.3 Å². The molecule has 0 spiro atoms. The molecule has 0 saturated carbocycles. The first-order valence-electron chi connectivity index (χ1n) is 9.08. The van der Waals surface area contributed by atoms with Crippen molar-refractivity contribution < 1.29 is 5.11 Å². The highest BCUT2D eigenvalue weighted by Crippen LogP contribution is 2.24. The van der Waals surface area contributed by atoms with Gasteiger partial charge in [0.25, 0.3) is 0 Å². The average Bonchev–Trinajstić information content (AvgIpc) is 2.95. The molecule has 1 atom stereocenters. The van der Waals surface area contributed by atoms with Gasteiger partial charge in [-0.2, -0.15) is 9.97 Å². The van der Waals surface area contributed by atoms with Gasteiger partial charge in [-0.25, -0.2) is 4.98 Å². The lowest BCUT2D eigenvalue weighted by Crippen LogP contribution is -2.29. The standard InChI is InChI=1S/C19H26ClN7O/c1-11(8-19(2,3)28)24-18-25-16(15-17(26-18)27(4)10-23-15)22-9-12-7-13(20)5-6-14(12)21/h5-7,10-11,28H,8-9,21H2,1-4H3,(H2,22,24,25,26). The van der Waals surface area contributed by atoms with E-state index in [2.05, 4.69) is 25.6 Å². The number of aryl methyl sites for hydroxylation is 1. The fourth-order valence-corrected chi connectivity index (χ4v) is 3.32. The summed E-state index contributed by atoms with van der Waals surface area (Å²) in [4.78, 5) is 13.6. The number of halogens is 1. The van der Waals surface area contributed by atoms with Crippen molar-refractivity contribution in [3.05, 3.63) is 35.1 Å². The predicted molar refractivity (Wildman–Crippen MR) is 113 cm³/mol. The Hall–Kier alpha value is -2.58. The van der Waals surface area contributed by atoms with E-state index >= 15 is 0 Å². The fourth-order valence-electron chi connectivity index (χ4n) is 3.12. The molecule has 0 aliphatic heterocycles. The van der Waals surface area contributed by atoms with Crippen molar-refractivity contribution in [2.24, 2.45) is 7.05 Å². The van der Waals surface area contributed by atoms with E-state index in [1.165, 1.54) is 0 Å². The van der Waals surface area contributed by atoms with Gasteiger partial charge in [0.2, 0.25) is 5.95 Å². The SMILES string of the molecule is CC(CC(C)(C)O)Nc1nc(NCc2cc(Cl)ccc2N)c2ncn(C)c2n1. The van der Waals surface area contributed by atoms with Gasteiger partial charge in [-0.3, -0.25) is 0 Å². The summed E-state index contributed by atoms with van der Waals surface area (Å²) in [5.74, 6) is 1.07. The Balaban J connectivity index is 1.87. The van der Waals surface area contributed by atoms with Gasteiger partial charge in [0.1, 0.15) is 0 Å². The molecule has 0 bridgehead atoms. The van der Waals surface area contributed by atoms with E-state index < -0.39 is 5.60 Å². The van der Waals surface area contributed by atoms with E-state index in [1.807, 2.05) is 24.6 Å². The van der Waals surface area contributed by atoms with Crippen LogP contribution in [0.5, 0.6) is 0 Å². The Bertz CT molecular complexity index is 980. The van der Waals surface area contributed by atoms with Crippen molar-refractivity contribution in [2.45, 2.75) is 45.4 Å². The molecular formula is C19H26ClN7O. The molecule has 0 aliphatic carbocycles. The summed E-state index contributed by atoms with van der Waals surface area (Å²) in [6, 6.07) is 5.35. The lowest BCUT2D eigenvalue weighted by molar-refractivity contribution is 0.0672. The van der Waals surface area contributed by atoms with Crippen LogP contribution in [0.4, 0.5) is 17.5 Å². The fraction of sp³-hybridized carbons (Fsp3) is 0.421. The third-order valence-electron chi connectivity index (χ3n) is 4.29. The van der Waals surface area contributed by atoms with Gasteiger partial charge in [-0.1, -0.05) is 11.6 Å². The van der Waals surface area contributed by atoms with Crippen LogP contribution in [-0.4, -0.2) is 36.3 Å². The summed E-state index contributed by atoms with van der Waals surface area (Å²) in [7, 11) is 1.88. The third-order valence-corrected chi connectivity index (χ3v) is 4.53. The van der Waals surface area contributed by atoms with Gasteiger partial charge < -0.3 is 26.0 Å². The minimum absolute atomic E-state index is 0.0119. The highest BCUT2D eigenvalue weighted by molar-refractivity contribution is 6.30. The maximum absolute atomic E-state index is 10.0. The lowest BCUT2D eigenvalue weighted by Gasteiger charge is -2.23. The molecule has 0 radical (unpaired) electrons. The van der Waals surface area contributed by atoms with Gasteiger partial charge >= 0.3 is 0 Å². The first kappa shape index (κ1) is 20.2. The van der Waals surface area contributed by atoms with Gasteiger partial charge in [-0.15, -0.1) is 0 Å². The van der Waals surface area contributed by atoms with Crippen LogP contribution >= 0.6 is 11.6 Å². The molecule has 9 heteroatoms. The second kappa shape index (κ2) is 7.81. The molecule has 0 aliphatic rings. The van der Waals surface area contributed by atoms with Gasteiger partial charge in [0.15, 0.2) is 17.0 Å². The number of hydrogen-bond acceptors (Lipinski definition) is 7. The Morgan fingerprint density at radius 3 is 2.79 bits per heavy atom. The van der Waals surface area contributed by atoms with E-state index in [0.29, 0.717) is 46.6 Å². The van der Waals surface area contributed by atoms with Crippen LogP contribution in [-0.2, 0) is 13.6 Å². The Morgan fingerprint density at radius 2 is 2.07 bits per heavy atom. The second-order valence-electron chi connectivity index (χ2n) is 7.68. The number of anilines is 3. The largest absolute Gasteiger partial charge is 0.398 e. The van der Waals surface area contributed by atoms with Crippen molar-refractivity contribution in [3.8, 4) is 0 Å². The summed E-state index contributed by atoms with van der Waals surface area (Å²) in [6.07, 6.45) is 2.25. The van der Waals surface area contributed by atoms with Crippen molar-refractivity contribution >= 4 is 40.2 Å². The molecule has 0 fully saturated rings. The summed E-state index contributed by atoms with van der Waals surface area (Å²) in [5.41, 5.74) is 8.16. The van der Waals surface area contributed by atoms with Crippen LogP contribution in [0, 0.1) is 0 Å². The molecule has 3 rings (SSSR count). The second-order valence-corrected chi connectivity index (χ2v) is 8.12. The van der Waals surface area contributed by atoms with Crippen LogP contribution in [0.2, 0.25) is 5.02 Å². The Labute approximate surface area is 169 Å². The number of nitrogen functional groups attached to an aromatic ring is 1. The molecule has 0 amide bonds. The normalized spacial score (nSPS) is 12.9. The average molecular weight is 404 g/mol. The number of rotatable bonds is 7. The molecule has 3 aromatic rings. The van der Waals surface area contributed by atoms with E-state index in [9.17, 15) is 5.11 Å². The molecule has 5 N–H and O–H groups in total. The zero-order chi connectivity index (χ0) is 20.5. The first-order chi connectivity index (χ1) is 13.1. The Kier molecular flexibility index (Phi) is 5.62. The quantitative estimate of drug-likeness (QED) is 0.448. The first-order valence-corrected chi connectivity index (χ1v) is 9.46. The summed E-state index contributed by atoms with van der Waals surface area (Å²) < 4.78 is 1.84. The van der Waals surface area contributed by atoms with E-state index in [1.54, 1.807) is 32.3 Å². The van der Waals surface area contributed by atoms with E-state index in [4.69, 9.17) is 17.3 Å². The van der Waals surface area contributed by atoms with Crippen LogP contribution < -0.4 is 16.4 Å². The topological polar surface area (TPSA) is 114 Å². The number of benzene rings is 1. The van der Waals surface area contributed by atoms with Crippen LogP contribution in [0.15, 0.2) is 24.5 Å². The minimum Gasteiger partial charge on any atom is -0.398 e. The third kappa shape index (κ3) is 4.82. The van der Waals surface area contributed by atoms with Crippen LogP contribution in [0.3, 0.4) is 0 Å². The minimum atomic E-state index is -0.784. The number of nitrogens with two attached hydrogens (primary N) is 1. The van der Waals surface area contributed by atoms with Gasteiger partial charge in [0.05, 0.1) is 11.9 Å². The molecule has 1 aromatic carbocycles. The highest BCUT2D eigenvalue weighted by atomic mass is 35.5. The Morgan fingerprint density at radius 1 is 1.32 bits per heavy atom. The molecule has 2 aromatic heterocycles. The molecule has 28 heavy (non-hydrogen) atoms. The van der Waals surface area contributed by atoms with Crippen LogP contribution in [0.25, 0.3) is 11.2 Å².